The van der Waals surface area contributed by atoms with E-state index in [4.69, 9.17) is 23.4 Å². The van der Waals surface area contributed by atoms with E-state index in [1.165, 1.54) is 4.09 Å². The second-order valence-electron chi connectivity index (χ2n) is 2.32. The minimum Gasteiger partial charge on any atom is -0.240 e. The molecule has 0 aliphatic carbocycles. The van der Waals surface area contributed by atoms with Gasteiger partial charge in [0, 0.05) is 22.4 Å². The molecule has 1 aromatic rings. The maximum absolute atomic E-state index is 10.3. The molecule has 1 aliphatic rings. The summed E-state index contributed by atoms with van der Waals surface area (Å²) in [6, 6.07) is 1.69. The van der Waals surface area contributed by atoms with Gasteiger partial charge in [0.15, 0.2) is 5.94 Å². The summed E-state index contributed by atoms with van der Waals surface area (Å²) in [4.78, 5) is 11.3. The molecule has 0 fully saturated rings. The highest BCUT2D eigenvalue weighted by atomic mass is 35.5. The van der Waals surface area contributed by atoms with Crippen molar-refractivity contribution in [3.8, 4) is 0 Å². The van der Waals surface area contributed by atoms with Gasteiger partial charge < -0.3 is 0 Å². The molecule has 1 aromatic heterocycles. The molecule has 0 bridgehead atoms. The predicted molar refractivity (Wildman–Crippen MR) is 49.7 cm³/mol. The third-order valence-corrected chi connectivity index (χ3v) is 3.50. The van der Waals surface area contributed by atoms with Crippen molar-refractivity contribution in [3.63, 3.8) is 0 Å². The lowest BCUT2D eigenvalue weighted by Crippen LogP contribution is -2.20. The van der Waals surface area contributed by atoms with Crippen LogP contribution in [0.25, 0.3) is 5.03 Å². The maximum atomic E-state index is 10.3. The van der Waals surface area contributed by atoms with Gasteiger partial charge in [-0.25, -0.2) is 8.88 Å². The van der Waals surface area contributed by atoms with E-state index in [9.17, 15) is 4.79 Å². The number of rotatable bonds is 0. The van der Waals surface area contributed by atoms with Gasteiger partial charge in [-0.1, -0.05) is 11.6 Å². The quantitative estimate of drug-likeness (QED) is 0.633. The van der Waals surface area contributed by atoms with E-state index in [0.717, 1.165) is 16.0 Å². The van der Waals surface area contributed by atoms with E-state index < -0.39 is 0 Å². The third kappa shape index (κ3) is 1.02. The lowest BCUT2D eigenvalue weighted by molar-refractivity contribution is 0.566. The first-order valence-electron chi connectivity index (χ1n) is 3.18. The molecule has 2 rings (SSSR count). The van der Waals surface area contributed by atoms with Gasteiger partial charge in [0.1, 0.15) is 5.35 Å². The molecule has 5 heteroatoms. The monoisotopic (exact) mass is 219 g/mol. The van der Waals surface area contributed by atoms with Gasteiger partial charge in [-0.3, -0.25) is 0 Å². The number of halogens is 2. The van der Waals surface area contributed by atoms with Gasteiger partial charge in [0.05, 0.1) is 10.4 Å². The first kappa shape index (κ1) is 8.27. The van der Waals surface area contributed by atoms with Crippen LogP contribution in [0.3, 0.4) is 0 Å². The fraction of sp³-hybridized carbons (Fsp3) is 0.143. The highest BCUT2D eigenvalue weighted by molar-refractivity contribution is 8.00. The van der Waals surface area contributed by atoms with Crippen LogP contribution in [0.2, 0.25) is 0 Å². The van der Waals surface area contributed by atoms with E-state index in [2.05, 4.69) is 0 Å². The lowest BCUT2D eigenvalue weighted by Gasteiger charge is -1.86. The maximum Gasteiger partial charge on any atom is 0.152 e. The van der Waals surface area contributed by atoms with Crippen LogP contribution < -0.4 is 10.7 Å². The minimum absolute atomic E-state index is 0.326. The number of hydrogen-bond acceptors (Lipinski definition) is 2. The molecular weight excluding hydrogens is 217 g/mol. The first-order chi connectivity index (χ1) is 5.74. The van der Waals surface area contributed by atoms with Crippen LogP contribution >= 0.6 is 35.1 Å². The average Bonchev–Trinajstić information content (AvgIpc) is 2.55. The number of aromatic nitrogens is 1. The molecule has 0 saturated heterocycles. The molecule has 62 valence electrons. The van der Waals surface area contributed by atoms with Crippen molar-refractivity contribution >= 4 is 46.1 Å². The van der Waals surface area contributed by atoms with Gasteiger partial charge >= 0.3 is 0 Å². The smallest absolute Gasteiger partial charge is 0.152 e. The zero-order valence-electron chi connectivity index (χ0n) is 5.80. The molecule has 12 heavy (non-hydrogen) atoms. The Bertz CT molecular complexity index is 472. The van der Waals surface area contributed by atoms with Crippen LogP contribution in [0.1, 0.15) is 0 Å². The fourth-order valence-electron chi connectivity index (χ4n) is 1.10. The number of hydrogen-bond donors (Lipinski definition) is 0. The molecule has 0 amide bonds. The molecule has 0 saturated carbocycles. The standard InChI is InChI=1S/C7H3Cl2NOS/c8-5-3-12-6-1-4(2-11)10(9)7(5)6/h1H,3H2. The van der Waals surface area contributed by atoms with Crippen molar-refractivity contribution in [2.45, 2.75) is 4.90 Å². The van der Waals surface area contributed by atoms with Crippen LogP contribution in [0, 0.1) is 0 Å². The molecule has 2 nitrogen and oxygen atoms in total. The Morgan fingerprint density at radius 3 is 3.00 bits per heavy atom. The number of carbonyl (C=O) groups excluding carboxylic acids is 1. The number of fused-ring (bicyclic) bond motifs is 1. The van der Waals surface area contributed by atoms with Gasteiger partial charge in [-0.2, -0.15) is 0 Å². The van der Waals surface area contributed by atoms with Gasteiger partial charge in [-0.15, -0.1) is 11.8 Å². The Kier molecular flexibility index (Phi) is 1.97. The summed E-state index contributed by atoms with van der Waals surface area (Å²) in [6.45, 7) is 0. The largest absolute Gasteiger partial charge is 0.240 e. The highest BCUT2D eigenvalue weighted by Gasteiger charge is 2.15. The second-order valence-corrected chi connectivity index (χ2v) is 4.13. The number of nitrogens with zero attached hydrogens (tertiary/aromatic N) is 1. The lowest BCUT2D eigenvalue weighted by atomic mass is 10.5. The molecule has 0 aromatic carbocycles. The topological polar surface area (TPSA) is 22.0 Å². The Morgan fingerprint density at radius 2 is 2.42 bits per heavy atom. The van der Waals surface area contributed by atoms with Crippen LogP contribution in [-0.2, 0) is 4.79 Å². The first-order valence-corrected chi connectivity index (χ1v) is 4.88. The molecule has 0 radical (unpaired) electrons. The van der Waals surface area contributed by atoms with Crippen molar-refractivity contribution in [3.05, 3.63) is 16.8 Å². The molecular formula is C7H3Cl2NOS. The predicted octanol–water partition coefficient (Wildman–Crippen LogP) is 0.446. The summed E-state index contributed by atoms with van der Waals surface area (Å²) in [5.74, 6) is 2.48. The second kappa shape index (κ2) is 2.86. The van der Waals surface area contributed by atoms with Crippen molar-refractivity contribution in [1.29, 1.82) is 0 Å². The van der Waals surface area contributed by atoms with Crippen molar-refractivity contribution in [2.75, 3.05) is 5.75 Å². The molecule has 0 unspecified atom stereocenters. The van der Waals surface area contributed by atoms with Crippen LogP contribution in [-0.4, -0.2) is 15.8 Å². The zero-order chi connectivity index (χ0) is 8.72. The number of thioether (sulfide) groups is 1. The van der Waals surface area contributed by atoms with E-state index in [0.29, 0.717) is 10.4 Å². The molecule has 0 atom stereocenters. The highest BCUT2D eigenvalue weighted by Crippen LogP contribution is 2.25. The van der Waals surface area contributed by atoms with Crippen molar-refractivity contribution in [1.82, 2.24) is 4.09 Å². The summed E-state index contributed by atoms with van der Waals surface area (Å²) in [5, 5.41) is 1.75. The fourth-order valence-corrected chi connectivity index (χ4v) is 2.84. The summed E-state index contributed by atoms with van der Waals surface area (Å²) >= 11 is 13.3. The molecule has 0 N–H and O–H groups in total. The van der Waals surface area contributed by atoms with E-state index in [1.807, 2.05) is 0 Å². The van der Waals surface area contributed by atoms with Crippen LogP contribution in [0.4, 0.5) is 0 Å². The SMILES string of the molecule is O=C=c1cc2c(n1Cl)=C(Cl)CS2. The third-order valence-electron chi connectivity index (χ3n) is 1.62. The molecule has 0 spiro atoms. The van der Waals surface area contributed by atoms with Gasteiger partial charge in [0.2, 0.25) is 0 Å². The summed E-state index contributed by atoms with van der Waals surface area (Å²) in [5.41, 5.74) is 0. The summed E-state index contributed by atoms with van der Waals surface area (Å²) in [7, 11) is 0. The van der Waals surface area contributed by atoms with E-state index in [1.54, 1.807) is 23.8 Å². The van der Waals surface area contributed by atoms with Gasteiger partial charge in [0.25, 0.3) is 0 Å². The van der Waals surface area contributed by atoms with Crippen LogP contribution in [0.5, 0.6) is 0 Å². The Labute approximate surface area is 82.6 Å². The Morgan fingerprint density at radius 1 is 1.67 bits per heavy atom. The average molecular weight is 220 g/mol. The Balaban J connectivity index is 3.00. The van der Waals surface area contributed by atoms with E-state index >= 15 is 0 Å². The van der Waals surface area contributed by atoms with Gasteiger partial charge in [-0.05, 0) is 6.07 Å². The van der Waals surface area contributed by atoms with Crippen molar-refractivity contribution in [2.24, 2.45) is 0 Å². The minimum atomic E-state index is 0.326. The van der Waals surface area contributed by atoms with E-state index in [-0.39, 0.29) is 0 Å². The zero-order valence-corrected chi connectivity index (χ0v) is 8.13. The molecule has 2 heterocycles. The molecule has 1 aliphatic heterocycles. The Hall–Kier alpha value is -0.340. The normalized spacial score (nSPS) is 14.7. The summed E-state index contributed by atoms with van der Waals surface area (Å²) < 4.78 is 1.25. The van der Waals surface area contributed by atoms with Crippen LogP contribution in [0.15, 0.2) is 11.0 Å². The summed E-state index contributed by atoms with van der Waals surface area (Å²) in [6.07, 6.45) is 0. The van der Waals surface area contributed by atoms with Crippen molar-refractivity contribution < 1.29 is 4.79 Å².